The van der Waals surface area contributed by atoms with Gasteiger partial charge in [-0.1, -0.05) is 43.7 Å². The topological polar surface area (TPSA) is 45.9 Å². The molecule has 0 spiro atoms. The first-order valence-electron chi connectivity index (χ1n) is 10.8. The van der Waals surface area contributed by atoms with Crippen molar-refractivity contribution >= 4 is 5.65 Å². The van der Waals surface area contributed by atoms with Crippen molar-refractivity contribution in [3.8, 4) is 11.1 Å². The van der Waals surface area contributed by atoms with Crippen molar-refractivity contribution < 1.29 is 4.74 Å². The number of benzene rings is 1. The monoisotopic (exact) mass is 391 g/mol. The summed E-state index contributed by atoms with van der Waals surface area (Å²) < 4.78 is 7.82. The van der Waals surface area contributed by atoms with Crippen molar-refractivity contribution in [3.05, 3.63) is 54.5 Å². The van der Waals surface area contributed by atoms with E-state index in [0.29, 0.717) is 12.1 Å². The first kappa shape index (κ1) is 18.7. The Bertz CT molecular complexity index is 954. The van der Waals surface area contributed by atoms with Crippen LogP contribution in [0.3, 0.4) is 0 Å². The lowest BCUT2D eigenvalue weighted by molar-refractivity contribution is -0.0840. The predicted octanol–water partition coefficient (Wildman–Crippen LogP) is 3.08. The van der Waals surface area contributed by atoms with Crippen molar-refractivity contribution in [2.24, 2.45) is 0 Å². The van der Waals surface area contributed by atoms with E-state index in [9.17, 15) is 0 Å². The molecule has 152 valence electrons. The van der Waals surface area contributed by atoms with E-state index >= 15 is 0 Å². The summed E-state index contributed by atoms with van der Waals surface area (Å²) in [6.07, 6.45) is 8.50. The summed E-state index contributed by atoms with van der Waals surface area (Å²) in [6.45, 7) is 8.22. The smallest absolute Gasteiger partial charge is 0.162 e. The largest absolute Gasteiger partial charge is 0.378 e. The zero-order chi connectivity index (χ0) is 19.6. The number of piperazine rings is 1. The minimum Gasteiger partial charge on any atom is -0.378 e. The van der Waals surface area contributed by atoms with Gasteiger partial charge in [-0.25, -0.2) is 9.50 Å². The van der Waals surface area contributed by atoms with E-state index in [1.807, 2.05) is 35.1 Å². The number of morpholine rings is 1. The van der Waals surface area contributed by atoms with Crippen LogP contribution < -0.4 is 0 Å². The van der Waals surface area contributed by atoms with E-state index < -0.39 is 0 Å². The Kier molecular flexibility index (Phi) is 5.31. The molecule has 2 aromatic heterocycles. The van der Waals surface area contributed by atoms with Gasteiger partial charge in [0.25, 0.3) is 0 Å². The lowest BCUT2D eigenvalue weighted by Crippen LogP contribution is -2.61. The molecule has 6 heteroatoms. The summed E-state index contributed by atoms with van der Waals surface area (Å²) in [5.74, 6) is 0. The molecule has 1 aromatic carbocycles. The van der Waals surface area contributed by atoms with Crippen molar-refractivity contribution in [1.29, 1.82) is 0 Å². The molecule has 6 nitrogen and oxygen atoms in total. The summed E-state index contributed by atoms with van der Waals surface area (Å²) in [5.41, 5.74) is 4.34. The number of hydrogen-bond donors (Lipinski definition) is 0. The summed E-state index contributed by atoms with van der Waals surface area (Å²) in [5, 5.41) is 4.55. The molecule has 2 fully saturated rings. The third kappa shape index (κ3) is 3.80. The first-order valence-corrected chi connectivity index (χ1v) is 10.8. The van der Waals surface area contributed by atoms with Gasteiger partial charge in [-0.15, -0.1) is 0 Å². The van der Waals surface area contributed by atoms with Crippen LogP contribution in [0.1, 0.15) is 25.3 Å². The lowest BCUT2D eigenvalue weighted by atomic mass is 10.0. The summed E-state index contributed by atoms with van der Waals surface area (Å²) in [6, 6.07) is 11.4. The number of rotatable bonds is 5. The third-order valence-electron chi connectivity index (χ3n) is 6.22. The molecule has 0 unspecified atom stereocenters. The second kappa shape index (κ2) is 8.22. The minimum absolute atomic E-state index is 0.514. The van der Waals surface area contributed by atoms with Gasteiger partial charge in [0.05, 0.1) is 19.4 Å². The molecular weight excluding hydrogens is 362 g/mol. The van der Waals surface area contributed by atoms with E-state index in [1.165, 1.54) is 18.4 Å². The van der Waals surface area contributed by atoms with Crippen molar-refractivity contribution in [3.63, 3.8) is 0 Å². The van der Waals surface area contributed by atoms with E-state index in [4.69, 9.17) is 9.72 Å². The highest BCUT2D eigenvalue weighted by Crippen LogP contribution is 2.24. The molecule has 4 heterocycles. The van der Waals surface area contributed by atoms with Crippen LogP contribution in [0.25, 0.3) is 16.8 Å². The first-order chi connectivity index (χ1) is 14.3. The van der Waals surface area contributed by atoms with Crippen molar-refractivity contribution in [1.82, 2.24) is 24.4 Å². The Morgan fingerprint density at radius 2 is 2.00 bits per heavy atom. The van der Waals surface area contributed by atoms with Crippen LogP contribution in [0.5, 0.6) is 0 Å². The number of hydrogen-bond acceptors (Lipinski definition) is 5. The number of fused-ring (bicyclic) bond motifs is 2. The van der Waals surface area contributed by atoms with Gasteiger partial charge in [-0.3, -0.25) is 9.80 Å². The zero-order valence-corrected chi connectivity index (χ0v) is 17.1. The SMILES string of the molecule is CCC[C@H]1COC[C@H]2CN(Cc3cnc4c(-c5ccccc5)cnn4c3)CCN12. The standard InChI is InChI=1S/C23H29N5O/c1-2-6-20-16-29-17-21-15-26(9-10-27(20)21)13-18-11-24-23-22(12-25-28(23)14-18)19-7-4-3-5-8-19/h3-5,7-8,11-12,14,20-21H,2,6,9-10,13,15-17H2,1H3/t20-,21+/m0/s1. The van der Waals surface area contributed by atoms with E-state index in [1.54, 1.807) is 0 Å². The van der Waals surface area contributed by atoms with Gasteiger partial charge in [0, 0.05) is 61.8 Å². The van der Waals surface area contributed by atoms with Gasteiger partial charge in [-0.05, 0) is 12.0 Å². The molecule has 0 amide bonds. The molecule has 29 heavy (non-hydrogen) atoms. The molecule has 0 saturated carbocycles. The molecule has 5 rings (SSSR count). The molecule has 0 radical (unpaired) electrons. The maximum atomic E-state index is 5.91. The van der Waals surface area contributed by atoms with Crippen LogP contribution in [0.2, 0.25) is 0 Å². The fourth-order valence-electron chi connectivity index (χ4n) is 4.80. The van der Waals surface area contributed by atoms with Crippen LogP contribution in [-0.2, 0) is 11.3 Å². The Labute approximate surface area is 172 Å². The quantitative estimate of drug-likeness (QED) is 0.669. The van der Waals surface area contributed by atoms with Gasteiger partial charge in [-0.2, -0.15) is 5.10 Å². The molecule has 0 aliphatic carbocycles. The van der Waals surface area contributed by atoms with Gasteiger partial charge in [0.2, 0.25) is 0 Å². The number of ether oxygens (including phenoxy) is 1. The Morgan fingerprint density at radius 3 is 2.86 bits per heavy atom. The van der Waals surface area contributed by atoms with Crippen LogP contribution in [0.4, 0.5) is 0 Å². The number of aromatic nitrogens is 3. The fraction of sp³-hybridized carbons (Fsp3) is 0.478. The average Bonchev–Trinajstić information content (AvgIpc) is 3.18. The molecule has 2 atom stereocenters. The van der Waals surface area contributed by atoms with Gasteiger partial charge >= 0.3 is 0 Å². The molecule has 2 aliphatic heterocycles. The van der Waals surface area contributed by atoms with Crippen LogP contribution in [-0.4, -0.2) is 69.3 Å². The maximum Gasteiger partial charge on any atom is 0.162 e. The highest BCUT2D eigenvalue weighted by atomic mass is 16.5. The second-order valence-corrected chi connectivity index (χ2v) is 8.26. The average molecular weight is 392 g/mol. The molecule has 0 N–H and O–H groups in total. The van der Waals surface area contributed by atoms with Crippen LogP contribution in [0.15, 0.2) is 48.9 Å². The molecule has 0 bridgehead atoms. The van der Waals surface area contributed by atoms with E-state index in [0.717, 1.165) is 56.2 Å². The molecule has 2 aliphatic rings. The Morgan fingerprint density at radius 1 is 1.10 bits per heavy atom. The van der Waals surface area contributed by atoms with Gasteiger partial charge < -0.3 is 4.74 Å². The molecule has 2 saturated heterocycles. The van der Waals surface area contributed by atoms with E-state index in [-0.39, 0.29) is 0 Å². The fourth-order valence-corrected chi connectivity index (χ4v) is 4.80. The Balaban J connectivity index is 1.29. The summed E-state index contributed by atoms with van der Waals surface area (Å²) in [4.78, 5) is 9.96. The third-order valence-corrected chi connectivity index (χ3v) is 6.22. The lowest BCUT2D eigenvalue weighted by Gasteiger charge is -2.48. The van der Waals surface area contributed by atoms with Gasteiger partial charge in [0.1, 0.15) is 0 Å². The zero-order valence-electron chi connectivity index (χ0n) is 17.1. The normalized spacial score (nSPS) is 23.3. The van der Waals surface area contributed by atoms with Gasteiger partial charge in [0.15, 0.2) is 5.65 Å². The van der Waals surface area contributed by atoms with E-state index in [2.05, 4.69) is 40.2 Å². The predicted molar refractivity (Wildman–Crippen MR) is 114 cm³/mol. The second-order valence-electron chi connectivity index (χ2n) is 8.26. The van der Waals surface area contributed by atoms with Crippen LogP contribution in [0, 0.1) is 0 Å². The van der Waals surface area contributed by atoms with Crippen molar-refractivity contribution in [2.75, 3.05) is 32.8 Å². The highest BCUT2D eigenvalue weighted by molar-refractivity contribution is 5.76. The maximum absolute atomic E-state index is 5.91. The number of nitrogens with zero attached hydrogens (tertiary/aromatic N) is 5. The minimum atomic E-state index is 0.514. The highest BCUT2D eigenvalue weighted by Gasteiger charge is 2.35. The molecule has 3 aromatic rings. The molecular formula is C23H29N5O. The summed E-state index contributed by atoms with van der Waals surface area (Å²) in [7, 11) is 0. The summed E-state index contributed by atoms with van der Waals surface area (Å²) >= 11 is 0. The van der Waals surface area contributed by atoms with Crippen molar-refractivity contribution in [2.45, 2.75) is 38.4 Å². The Hall–Kier alpha value is -2.28. The van der Waals surface area contributed by atoms with Crippen LogP contribution >= 0.6 is 0 Å².